The Morgan fingerprint density at radius 3 is 2.55 bits per heavy atom. The van der Waals surface area contributed by atoms with E-state index in [2.05, 4.69) is 44.7 Å². The number of anilines is 1. The average molecular weight is 291 g/mol. The van der Waals surface area contributed by atoms with Crippen LogP contribution >= 0.6 is 0 Å². The van der Waals surface area contributed by atoms with Crippen molar-refractivity contribution in [1.82, 2.24) is 0 Å². The second-order valence-electron chi connectivity index (χ2n) is 5.93. The van der Waals surface area contributed by atoms with Crippen molar-refractivity contribution in [3.63, 3.8) is 0 Å². The maximum atomic E-state index is 6.00. The Balaban J connectivity index is 2.08. The van der Waals surface area contributed by atoms with Gasteiger partial charge in [-0.2, -0.15) is 0 Å². The Morgan fingerprint density at radius 1 is 1.09 bits per heavy atom. The van der Waals surface area contributed by atoms with Crippen LogP contribution in [0.5, 0.6) is 5.75 Å². The van der Waals surface area contributed by atoms with E-state index in [-0.39, 0.29) is 0 Å². The first kappa shape index (κ1) is 14.5. The molecule has 3 rings (SSSR count). The summed E-state index contributed by atoms with van der Waals surface area (Å²) in [6, 6.07) is 10.5. The molecule has 0 bridgehead atoms. The van der Waals surface area contributed by atoms with Crippen molar-refractivity contribution < 1.29 is 4.74 Å². The van der Waals surface area contributed by atoms with Gasteiger partial charge >= 0.3 is 0 Å². The Kier molecular flexibility index (Phi) is 3.53. The predicted molar refractivity (Wildman–Crippen MR) is 94.0 cm³/mol. The summed E-state index contributed by atoms with van der Waals surface area (Å²) >= 11 is 0. The second kappa shape index (κ2) is 5.38. The summed E-state index contributed by atoms with van der Waals surface area (Å²) < 4.78 is 5.47. The van der Waals surface area contributed by atoms with E-state index in [0.29, 0.717) is 0 Å². The number of nitrogens with two attached hydrogens (primary N) is 1. The number of hydrogen-bond acceptors (Lipinski definition) is 2. The van der Waals surface area contributed by atoms with Gasteiger partial charge in [0.15, 0.2) is 0 Å². The Labute approximate surface area is 131 Å². The lowest BCUT2D eigenvalue weighted by molar-refractivity contribution is 0.413. The fraction of sp³-hybridized carbons (Fsp3) is 0.200. The molecule has 0 heterocycles. The van der Waals surface area contributed by atoms with E-state index in [1.165, 1.54) is 27.8 Å². The Morgan fingerprint density at radius 2 is 1.86 bits per heavy atom. The number of nitrogen functional groups attached to an aromatic ring is 1. The zero-order valence-corrected chi connectivity index (χ0v) is 13.4. The lowest BCUT2D eigenvalue weighted by Gasteiger charge is -2.22. The molecule has 0 unspecified atom stereocenters. The predicted octanol–water partition coefficient (Wildman–Crippen LogP) is 4.55. The van der Waals surface area contributed by atoms with Crippen molar-refractivity contribution in [2.75, 3.05) is 12.8 Å². The molecule has 2 aromatic carbocycles. The van der Waals surface area contributed by atoms with E-state index in [4.69, 9.17) is 10.5 Å². The average Bonchev–Trinajstić information content (AvgIpc) is 2.48. The van der Waals surface area contributed by atoms with Crippen LogP contribution in [0.2, 0.25) is 0 Å². The first-order valence-electron chi connectivity index (χ1n) is 7.43. The van der Waals surface area contributed by atoms with Crippen LogP contribution in [-0.4, -0.2) is 7.11 Å². The summed E-state index contributed by atoms with van der Waals surface area (Å²) in [4.78, 5) is 0. The van der Waals surface area contributed by atoms with Crippen molar-refractivity contribution >= 4 is 16.8 Å². The van der Waals surface area contributed by atoms with E-state index in [0.717, 1.165) is 29.0 Å². The standard InChI is InChI=1S/C20H21NO/c1-12-5-6-15(7-13(12)2)16-8-14(3)20-17(9-16)10-18(21)11-19(20)22-4/h5-8,10-11H,3,9,21H2,1-2,4H3. The van der Waals surface area contributed by atoms with Gasteiger partial charge in [-0.15, -0.1) is 0 Å². The van der Waals surface area contributed by atoms with Crippen LogP contribution in [0.4, 0.5) is 5.69 Å². The van der Waals surface area contributed by atoms with Crippen molar-refractivity contribution in [3.8, 4) is 5.75 Å². The number of methoxy groups -OCH3 is 1. The summed E-state index contributed by atoms with van der Waals surface area (Å²) in [6.45, 7) is 8.49. The highest BCUT2D eigenvalue weighted by Gasteiger charge is 2.19. The zero-order valence-electron chi connectivity index (χ0n) is 13.4. The first-order chi connectivity index (χ1) is 10.5. The minimum absolute atomic E-state index is 0.727. The summed E-state index contributed by atoms with van der Waals surface area (Å²) in [5.41, 5.74) is 15.1. The van der Waals surface area contributed by atoms with E-state index >= 15 is 0 Å². The lowest BCUT2D eigenvalue weighted by Crippen LogP contribution is -2.05. The number of benzene rings is 2. The van der Waals surface area contributed by atoms with Crippen LogP contribution in [0.3, 0.4) is 0 Å². The van der Waals surface area contributed by atoms with Gasteiger partial charge in [-0.1, -0.05) is 30.9 Å². The van der Waals surface area contributed by atoms with Gasteiger partial charge in [0.1, 0.15) is 5.75 Å². The molecule has 0 aromatic heterocycles. The molecule has 22 heavy (non-hydrogen) atoms. The number of allylic oxidation sites excluding steroid dienone is 3. The van der Waals surface area contributed by atoms with Gasteiger partial charge in [0.05, 0.1) is 7.11 Å². The molecule has 2 nitrogen and oxygen atoms in total. The minimum atomic E-state index is 0.727. The maximum absolute atomic E-state index is 6.00. The molecule has 0 saturated carbocycles. The van der Waals surface area contributed by atoms with Crippen LogP contribution < -0.4 is 10.5 Å². The first-order valence-corrected chi connectivity index (χ1v) is 7.43. The Hall–Kier alpha value is -2.48. The summed E-state index contributed by atoms with van der Waals surface area (Å²) in [7, 11) is 1.67. The van der Waals surface area contributed by atoms with Crippen LogP contribution in [0.25, 0.3) is 11.1 Å². The largest absolute Gasteiger partial charge is 0.496 e. The van der Waals surface area contributed by atoms with Gasteiger partial charge in [-0.05, 0) is 59.7 Å². The molecule has 0 spiro atoms. The van der Waals surface area contributed by atoms with Crippen molar-refractivity contribution in [1.29, 1.82) is 0 Å². The quantitative estimate of drug-likeness (QED) is 0.824. The molecule has 0 amide bonds. The van der Waals surface area contributed by atoms with E-state index in [9.17, 15) is 0 Å². The highest BCUT2D eigenvalue weighted by atomic mass is 16.5. The minimum Gasteiger partial charge on any atom is -0.496 e. The smallest absolute Gasteiger partial charge is 0.129 e. The van der Waals surface area contributed by atoms with E-state index in [1.807, 2.05) is 12.1 Å². The third-order valence-electron chi connectivity index (χ3n) is 4.35. The summed E-state index contributed by atoms with van der Waals surface area (Å²) in [5, 5.41) is 0. The van der Waals surface area contributed by atoms with Gasteiger partial charge in [-0.3, -0.25) is 0 Å². The SMILES string of the molecule is C=C1C=C(c2ccc(C)c(C)c2)Cc2cc(N)cc(OC)c21. The van der Waals surface area contributed by atoms with Crippen molar-refractivity contribution in [2.24, 2.45) is 0 Å². The zero-order chi connectivity index (χ0) is 15.9. The van der Waals surface area contributed by atoms with Crippen molar-refractivity contribution in [3.05, 3.63) is 70.8 Å². The normalized spacial score (nSPS) is 13.6. The molecule has 1 aliphatic rings. The highest BCUT2D eigenvalue weighted by Crippen LogP contribution is 2.39. The number of ether oxygens (including phenoxy) is 1. The summed E-state index contributed by atoms with van der Waals surface area (Å²) in [6.07, 6.45) is 3.00. The van der Waals surface area contributed by atoms with Crippen LogP contribution in [0.1, 0.15) is 27.8 Å². The van der Waals surface area contributed by atoms with E-state index < -0.39 is 0 Å². The molecule has 112 valence electrons. The molecule has 1 aliphatic carbocycles. The second-order valence-corrected chi connectivity index (χ2v) is 5.93. The third kappa shape index (κ3) is 2.41. The van der Waals surface area contributed by atoms with Crippen LogP contribution in [0.15, 0.2) is 43.0 Å². The molecule has 0 radical (unpaired) electrons. The van der Waals surface area contributed by atoms with Crippen LogP contribution in [-0.2, 0) is 6.42 Å². The molecule has 0 fully saturated rings. The third-order valence-corrected chi connectivity index (χ3v) is 4.35. The number of rotatable bonds is 2. The molecule has 0 saturated heterocycles. The van der Waals surface area contributed by atoms with Crippen molar-refractivity contribution in [2.45, 2.75) is 20.3 Å². The molecular weight excluding hydrogens is 270 g/mol. The van der Waals surface area contributed by atoms with Gasteiger partial charge in [0, 0.05) is 17.3 Å². The van der Waals surface area contributed by atoms with E-state index in [1.54, 1.807) is 7.11 Å². The van der Waals surface area contributed by atoms with Gasteiger partial charge in [0.2, 0.25) is 0 Å². The molecule has 0 atom stereocenters. The van der Waals surface area contributed by atoms with Gasteiger partial charge in [0.25, 0.3) is 0 Å². The maximum Gasteiger partial charge on any atom is 0.129 e. The number of fused-ring (bicyclic) bond motifs is 1. The molecule has 2 aromatic rings. The highest BCUT2D eigenvalue weighted by molar-refractivity contribution is 5.91. The molecular formula is C20H21NO. The Bertz CT molecular complexity index is 800. The van der Waals surface area contributed by atoms with Crippen LogP contribution in [0, 0.1) is 13.8 Å². The lowest BCUT2D eigenvalue weighted by atomic mass is 9.84. The fourth-order valence-electron chi connectivity index (χ4n) is 3.03. The number of aryl methyl sites for hydroxylation is 2. The molecule has 2 heteroatoms. The number of hydrogen-bond donors (Lipinski definition) is 1. The monoisotopic (exact) mass is 291 g/mol. The molecule has 2 N–H and O–H groups in total. The summed E-state index contributed by atoms with van der Waals surface area (Å²) in [5.74, 6) is 0.801. The van der Waals surface area contributed by atoms with Gasteiger partial charge in [-0.25, -0.2) is 0 Å². The molecule has 0 aliphatic heterocycles. The topological polar surface area (TPSA) is 35.2 Å². The fourth-order valence-corrected chi connectivity index (χ4v) is 3.03. The van der Waals surface area contributed by atoms with Gasteiger partial charge < -0.3 is 10.5 Å².